The molecule has 0 bridgehead atoms. The van der Waals surface area contributed by atoms with Crippen LogP contribution in [0, 0.1) is 0 Å². The van der Waals surface area contributed by atoms with Crippen molar-refractivity contribution < 1.29 is 19.8 Å². The van der Waals surface area contributed by atoms with Crippen LogP contribution in [0.15, 0.2) is 23.8 Å². The molecule has 0 aromatic heterocycles. The number of rotatable bonds is 2. The van der Waals surface area contributed by atoms with Gasteiger partial charge in [0.05, 0.1) is 0 Å². The largest absolute Gasteiger partial charge is 0.480 e. The van der Waals surface area contributed by atoms with Crippen LogP contribution in [0.2, 0.25) is 0 Å². The first-order chi connectivity index (χ1) is 5.96. The summed E-state index contributed by atoms with van der Waals surface area (Å²) >= 11 is 5.66. The highest BCUT2D eigenvalue weighted by molar-refractivity contribution is 6.35. The van der Waals surface area contributed by atoms with Crippen LogP contribution in [0.1, 0.15) is 6.42 Å². The summed E-state index contributed by atoms with van der Waals surface area (Å²) < 4.78 is 0. The molecule has 1 rings (SSSR count). The average molecular weight is 203 g/mol. The quantitative estimate of drug-likeness (QED) is 0.656. The van der Waals surface area contributed by atoms with E-state index < -0.39 is 16.8 Å². The molecular formula is C8H7ClO4. The fraction of sp³-hybridized carbons (Fsp3) is 0.250. The molecule has 0 aromatic carbocycles. The van der Waals surface area contributed by atoms with Crippen molar-refractivity contribution in [1.29, 1.82) is 0 Å². The van der Waals surface area contributed by atoms with Crippen LogP contribution >= 0.6 is 11.6 Å². The maximum absolute atomic E-state index is 10.6. The number of aliphatic carboxylic acids is 2. The number of halogens is 1. The minimum Gasteiger partial charge on any atom is -0.480 e. The zero-order chi connectivity index (χ0) is 10.1. The molecule has 0 spiro atoms. The van der Waals surface area contributed by atoms with Crippen LogP contribution in [-0.2, 0) is 9.59 Å². The van der Waals surface area contributed by atoms with E-state index >= 15 is 0 Å². The van der Waals surface area contributed by atoms with Gasteiger partial charge >= 0.3 is 11.9 Å². The lowest BCUT2D eigenvalue weighted by atomic mass is 9.93. The molecule has 13 heavy (non-hydrogen) atoms. The Morgan fingerprint density at radius 2 is 2.08 bits per heavy atom. The van der Waals surface area contributed by atoms with E-state index in [1.165, 1.54) is 18.2 Å². The summed E-state index contributed by atoms with van der Waals surface area (Å²) in [5, 5.41) is 17.3. The highest BCUT2D eigenvalue weighted by Gasteiger charge is 2.37. The molecule has 1 unspecified atom stereocenters. The summed E-state index contributed by atoms with van der Waals surface area (Å²) in [6, 6.07) is 0. The standard InChI is InChI=1S/C8H7ClO4/c9-8(7(12)13)3-1-2-5(4-8)6(10)11/h1-3H,4H2,(H,10,11)(H,12,13). The van der Waals surface area contributed by atoms with Crippen LogP contribution in [0.4, 0.5) is 0 Å². The van der Waals surface area contributed by atoms with Gasteiger partial charge in [-0.3, -0.25) is 0 Å². The summed E-state index contributed by atoms with van der Waals surface area (Å²) in [5.41, 5.74) is -0.0000926. The van der Waals surface area contributed by atoms with Gasteiger partial charge < -0.3 is 10.2 Å². The van der Waals surface area contributed by atoms with Crippen molar-refractivity contribution >= 4 is 23.5 Å². The number of alkyl halides is 1. The fourth-order valence-electron chi connectivity index (χ4n) is 1.01. The summed E-state index contributed by atoms with van der Waals surface area (Å²) in [5.74, 6) is -2.38. The molecule has 1 atom stereocenters. The van der Waals surface area contributed by atoms with Crippen LogP contribution in [0.3, 0.4) is 0 Å². The number of carboxylic acids is 2. The van der Waals surface area contributed by atoms with E-state index in [1.54, 1.807) is 0 Å². The molecule has 0 fully saturated rings. The minimum atomic E-state index is -1.61. The van der Waals surface area contributed by atoms with Gasteiger partial charge in [-0.15, -0.1) is 11.6 Å². The first kappa shape index (κ1) is 9.80. The van der Waals surface area contributed by atoms with Crippen LogP contribution in [0.5, 0.6) is 0 Å². The summed E-state index contributed by atoms with van der Waals surface area (Å²) in [7, 11) is 0. The normalized spacial score (nSPS) is 26.7. The van der Waals surface area contributed by atoms with Gasteiger partial charge in [-0.25, -0.2) is 9.59 Å². The molecule has 1 aliphatic carbocycles. The molecule has 70 valence electrons. The Balaban J connectivity index is 2.92. The predicted molar refractivity (Wildman–Crippen MR) is 45.7 cm³/mol. The van der Waals surface area contributed by atoms with Crippen LogP contribution < -0.4 is 0 Å². The molecule has 4 nitrogen and oxygen atoms in total. The highest BCUT2D eigenvalue weighted by Crippen LogP contribution is 2.29. The van der Waals surface area contributed by atoms with Crippen molar-refractivity contribution in [2.45, 2.75) is 11.3 Å². The molecule has 0 aromatic rings. The van der Waals surface area contributed by atoms with Crippen molar-refractivity contribution in [2.75, 3.05) is 0 Å². The molecule has 5 heteroatoms. The number of hydrogen-bond donors (Lipinski definition) is 2. The second-order valence-electron chi connectivity index (χ2n) is 2.70. The summed E-state index contributed by atoms with van der Waals surface area (Å²) in [6.07, 6.45) is 3.75. The molecule has 0 radical (unpaired) electrons. The molecule has 0 heterocycles. The van der Waals surface area contributed by atoms with Gasteiger partial charge in [-0.2, -0.15) is 0 Å². The first-order valence-electron chi connectivity index (χ1n) is 3.50. The highest BCUT2D eigenvalue weighted by atomic mass is 35.5. The van der Waals surface area contributed by atoms with E-state index in [4.69, 9.17) is 21.8 Å². The lowest BCUT2D eigenvalue weighted by Gasteiger charge is -2.20. The van der Waals surface area contributed by atoms with Crippen molar-refractivity contribution in [2.24, 2.45) is 0 Å². The van der Waals surface area contributed by atoms with E-state index in [9.17, 15) is 9.59 Å². The molecule has 0 saturated heterocycles. The third-order valence-corrected chi connectivity index (χ3v) is 2.16. The Labute approximate surface area is 79.1 Å². The Kier molecular flexibility index (Phi) is 2.43. The zero-order valence-corrected chi connectivity index (χ0v) is 7.28. The molecule has 2 N–H and O–H groups in total. The predicted octanol–water partition coefficient (Wildman–Crippen LogP) is 1.02. The van der Waals surface area contributed by atoms with Crippen molar-refractivity contribution in [3.63, 3.8) is 0 Å². The second kappa shape index (κ2) is 3.22. The van der Waals surface area contributed by atoms with Crippen LogP contribution in [-0.4, -0.2) is 27.0 Å². The van der Waals surface area contributed by atoms with E-state index in [0.29, 0.717) is 0 Å². The van der Waals surface area contributed by atoms with Gasteiger partial charge in [0.1, 0.15) is 0 Å². The number of allylic oxidation sites excluding steroid dienone is 2. The van der Waals surface area contributed by atoms with Gasteiger partial charge in [0.2, 0.25) is 0 Å². The minimum absolute atomic E-state index is 0.0000926. The third-order valence-electron chi connectivity index (χ3n) is 1.74. The van der Waals surface area contributed by atoms with Crippen molar-refractivity contribution in [3.8, 4) is 0 Å². The average Bonchev–Trinajstić information content (AvgIpc) is 2.04. The van der Waals surface area contributed by atoms with Crippen molar-refractivity contribution in [3.05, 3.63) is 23.8 Å². The number of carboxylic acid groups (broad SMARTS) is 2. The van der Waals surface area contributed by atoms with Gasteiger partial charge in [-0.1, -0.05) is 18.2 Å². The number of hydrogen-bond acceptors (Lipinski definition) is 2. The smallest absolute Gasteiger partial charge is 0.331 e. The van der Waals surface area contributed by atoms with Crippen molar-refractivity contribution in [1.82, 2.24) is 0 Å². The van der Waals surface area contributed by atoms with Gasteiger partial charge in [-0.05, 0) is 0 Å². The van der Waals surface area contributed by atoms with Gasteiger partial charge in [0.25, 0.3) is 0 Å². The number of carbonyl (C=O) groups is 2. The third kappa shape index (κ3) is 1.89. The van der Waals surface area contributed by atoms with E-state index in [-0.39, 0.29) is 12.0 Å². The van der Waals surface area contributed by atoms with E-state index in [1.807, 2.05) is 0 Å². The van der Waals surface area contributed by atoms with Gasteiger partial charge in [0.15, 0.2) is 4.87 Å². The van der Waals surface area contributed by atoms with E-state index in [0.717, 1.165) is 0 Å². The molecule has 0 saturated carbocycles. The molecular weight excluding hydrogens is 196 g/mol. The lowest BCUT2D eigenvalue weighted by Crippen LogP contribution is -2.33. The Hall–Kier alpha value is -1.29. The first-order valence-corrected chi connectivity index (χ1v) is 3.87. The maximum atomic E-state index is 10.6. The second-order valence-corrected chi connectivity index (χ2v) is 3.38. The Bertz CT molecular complexity index is 318. The Morgan fingerprint density at radius 1 is 1.46 bits per heavy atom. The zero-order valence-electron chi connectivity index (χ0n) is 6.53. The maximum Gasteiger partial charge on any atom is 0.331 e. The SMILES string of the molecule is O=C(O)C1=CC=CC(Cl)(C(=O)O)C1. The van der Waals surface area contributed by atoms with Gasteiger partial charge in [0, 0.05) is 12.0 Å². The topological polar surface area (TPSA) is 74.6 Å². The molecule has 0 aliphatic heterocycles. The van der Waals surface area contributed by atoms with Crippen LogP contribution in [0.25, 0.3) is 0 Å². The van der Waals surface area contributed by atoms with E-state index in [2.05, 4.69) is 0 Å². The summed E-state index contributed by atoms with van der Waals surface area (Å²) in [4.78, 5) is 19.5. The lowest BCUT2D eigenvalue weighted by molar-refractivity contribution is -0.139. The monoisotopic (exact) mass is 202 g/mol. The summed E-state index contributed by atoms with van der Waals surface area (Å²) in [6.45, 7) is 0. The molecule has 0 amide bonds. The molecule has 1 aliphatic rings. The Morgan fingerprint density at radius 3 is 2.54 bits per heavy atom. The fourth-order valence-corrected chi connectivity index (χ4v) is 1.22.